The number of methoxy groups -OCH3 is 2. The summed E-state index contributed by atoms with van der Waals surface area (Å²) in [4.78, 5) is 12.0. The fourth-order valence-corrected chi connectivity index (χ4v) is 1.16. The predicted molar refractivity (Wildman–Crippen MR) is 54.1 cm³/mol. The average Bonchev–Trinajstić information content (AvgIpc) is 3.09. The molecule has 0 unspecified atom stereocenters. The van der Waals surface area contributed by atoms with E-state index in [9.17, 15) is 0 Å². The van der Waals surface area contributed by atoms with Crippen LogP contribution in [0.3, 0.4) is 0 Å². The second-order valence-corrected chi connectivity index (χ2v) is 3.46. The van der Waals surface area contributed by atoms with Crippen molar-refractivity contribution in [2.45, 2.75) is 12.8 Å². The smallest absolute Gasteiger partial charge is 0.324 e. The number of hydrogen-bond donors (Lipinski definition) is 1. The largest absolute Gasteiger partial charge is 0.467 e. The second kappa shape index (κ2) is 4.29. The van der Waals surface area contributed by atoms with E-state index in [1.165, 1.54) is 27.1 Å². The van der Waals surface area contributed by atoms with Crippen LogP contribution in [-0.2, 0) is 0 Å². The Kier molecular flexibility index (Phi) is 2.84. The van der Waals surface area contributed by atoms with Gasteiger partial charge >= 0.3 is 12.0 Å². The highest BCUT2D eigenvalue weighted by Gasteiger charge is 2.21. The van der Waals surface area contributed by atoms with E-state index in [0.29, 0.717) is 5.95 Å². The van der Waals surface area contributed by atoms with E-state index in [4.69, 9.17) is 9.47 Å². The maximum Gasteiger partial charge on any atom is 0.324 e. The highest BCUT2D eigenvalue weighted by molar-refractivity contribution is 5.27. The summed E-state index contributed by atoms with van der Waals surface area (Å²) >= 11 is 0. The molecule has 82 valence electrons. The molecule has 1 fully saturated rings. The van der Waals surface area contributed by atoms with E-state index < -0.39 is 0 Å². The molecular formula is C9H14N4O2. The lowest BCUT2D eigenvalue weighted by Gasteiger charge is -2.06. The highest BCUT2D eigenvalue weighted by atomic mass is 16.5. The van der Waals surface area contributed by atoms with E-state index in [0.717, 1.165) is 12.5 Å². The highest BCUT2D eigenvalue weighted by Crippen LogP contribution is 2.28. The van der Waals surface area contributed by atoms with Gasteiger partial charge in [-0.15, -0.1) is 4.98 Å². The molecule has 1 saturated carbocycles. The number of aromatic nitrogens is 3. The van der Waals surface area contributed by atoms with Crippen LogP contribution in [0, 0.1) is 5.92 Å². The van der Waals surface area contributed by atoms with Gasteiger partial charge in [0.25, 0.3) is 0 Å². The summed E-state index contributed by atoms with van der Waals surface area (Å²) in [6, 6.07) is 0.528. The minimum absolute atomic E-state index is 0.264. The molecule has 0 bridgehead atoms. The average molecular weight is 210 g/mol. The van der Waals surface area contributed by atoms with Gasteiger partial charge in [-0.1, -0.05) is 0 Å². The Labute approximate surface area is 88.1 Å². The van der Waals surface area contributed by atoms with Crippen LogP contribution in [0.5, 0.6) is 12.0 Å². The molecule has 1 aliphatic rings. The van der Waals surface area contributed by atoms with Crippen molar-refractivity contribution in [2.75, 3.05) is 26.1 Å². The predicted octanol–water partition coefficient (Wildman–Crippen LogP) is 0.711. The van der Waals surface area contributed by atoms with E-state index in [1.54, 1.807) is 0 Å². The molecule has 0 aromatic carbocycles. The van der Waals surface area contributed by atoms with Gasteiger partial charge in [-0.25, -0.2) is 0 Å². The molecule has 0 amide bonds. The van der Waals surface area contributed by atoms with Crippen LogP contribution in [0.25, 0.3) is 0 Å². The van der Waals surface area contributed by atoms with Crippen LogP contribution in [0.1, 0.15) is 12.8 Å². The summed E-state index contributed by atoms with van der Waals surface area (Å²) in [5.74, 6) is 1.27. The molecule has 6 heteroatoms. The molecule has 0 radical (unpaired) electrons. The molecule has 1 aromatic rings. The molecule has 1 heterocycles. The number of ether oxygens (including phenoxy) is 2. The SMILES string of the molecule is COc1nc(NCC2CC2)nc(OC)n1. The summed E-state index contributed by atoms with van der Waals surface area (Å²) in [5, 5.41) is 3.13. The van der Waals surface area contributed by atoms with Crippen molar-refractivity contribution in [1.82, 2.24) is 15.0 Å². The Bertz CT molecular complexity index is 319. The first-order chi connectivity index (χ1) is 7.31. The van der Waals surface area contributed by atoms with Gasteiger partial charge in [0.1, 0.15) is 0 Å². The number of rotatable bonds is 5. The minimum atomic E-state index is 0.264. The van der Waals surface area contributed by atoms with Crippen molar-refractivity contribution in [1.29, 1.82) is 0 Å². The molecule has 15 heavy (non-hydrogen) atoms. The Balaban J connectivity index is 2.06. The summed E-state index contributed by atoms with van der Waals surface area (Å²) in [5.41, 5.74) is 0. The zero-order valence-corrected chi connectivity index (χ0v) is 8.86. The van der Waals surface area contributed by atoms with Gasteiger partial charge in [-0.2, -0.15) is 9.97 Å². The van der Waals surface area contributed by atoms with Gasteiger partial charge in [0.15, 0.2) is 0 Å². The molecule has 1 N–H and O–H groups in total. The molecule has 0 spiro atoms. The molecule has 0 aliphatic heterocycles. The Morgan fingerprint density at radius 3 is 2.20 bits per heavy atom. The maximum absolute atomic E-state index is 4.94. The van der Waals surface area contributed by atoms with Crippen molar-refractivity contribution >= 4 is 5.95 Å². The Morgan fingerprint density at radius 1 is 1.13 bits per heavy atom. The summed E-state index contributed by atoms with van der Waals surface area (Å²) in [6.07, 6.45) is 2.57. The van der Waals surface area contributed by atoms with Crippen molar-refractivity contribution in [3.8, 4) is 12.0 Å². The number of nitrogens with one attached hydrogen (secondary N) is 1. The first-order valence-corrected chi connectivity index (χ1v) is 4.89. The van der Waals surface area contributed by atoms with E-state index in [2.05, 4.69) is 20.3 Å². The van der Waals surface area contributed by atoms with E-state index in [1.807, 2.05) is 0 Å². The lowest BCUT2D eigenvalue weighted by atomic mass is 10.4. The first kappa shape index (κ1) is 9.95. The normalized spacial score (nSPS) is 14.8. The quantitative estimate of drug-likeness (QED) is 0.772. The molecule has 0 saturated heterocycles. The summed E-state index contributed by atoms with van der Waals surface area (Å²) in [6.45, 7) is 0.899. The zero-order chi connectivity index (χ0) is 10.7. The van der Waals surface area contributed by atoms with Crippen molar-refractivity contribution in [3.63, 3.8) is 0 Å². The fourth-order valence-electron chi connectivity index (χ4n) is 1.16. The van der Waals surface area contributed by atoms with Crippen LogP contribution < -0.4 is 14.8 Å². The van der Waals surface area contributed by atoms with E-state index in [-0.39, 0.29) is 12.0 Å². The van der Waals surface area contributed by atoms with Gasteiger partial charge in [0, 0.05) is 6.54 Å². The van der Waals surface area contributed by atoms with Crippen molar-refractivity contribution < 1.29 is 9.47 Å². The van der Waals surface area contributed by atoms with Crippen LogP contribution in [-0.4, -0.2) is 35.7 Å². The van der Waals surface area contributed by atoms with Gasteiger partial charge in [0.2, 0.25) is 5.95 Å². The molecule has 1 aromatic heterocycles. The zero-order valence-electron chi connectivity index (χ0n) is 8.86. The van der Waals surface area contributed by atoms with Crippen LogP contribution >= 0.6 is 0 Å². The van der Waals surface area contributed by atoms with Gasteiger partial charge < -0.3 is 14.8 Å². The van der Waals surface area contributed by atoms with Gasteiger partial charge in [-0.3, -0.25) is 0 Å². The number of nitrogens with zero attached hydrogens (tertiary/aromatic N) is 3. The topological polar surface area (TPSA) is 69.2 Å². The summed E-state index contributed by atoms with van der Waals surface area (Å²) in [7, 11) is 3.03. The molecule has 1 aliphatic carbocycles. The molecule has 2 rings (SSSR count). The van der Waals surface area contributed by atoms with Crippen LogP contribution in [0.2, 0.25) is 0 Å². The van der Waals surface area contributed by atoms with Crippen molar-refractivity contribution in [2.24, 2.45) is 5.92 Å². The third-order valence-electron chi connectivity index (χ3n) is 2.21. The monoisotopic (exact) mass is 210 g/mol. The second-order valence-electron chi connectivity index (χ2n) is 3.46. The lowest BCUT2D eigenvalue weighted by molar-refractivity contribution is 0.341. The van der Waals surface area contributed by atoms with Gasteiger partial charge in [-0.05, 0) is 18.8 Å². The number of hydrogen-bond acceptors (Lipinski definition) is 6. The standard InChI is InChI=1S/C9H14N4O2/c1-14-8-11-7(10-5-6-3-4-6)12-9(13-8)15-2/h6H,3-5H2,1-2H3,(H,10,11,12,13). The molecule has 6 nitrogen and oxygen atoms in total. The Morgan fingerprint density at radius 2 is 1.73 bits per heavy atom. The third-order valence-corrected chi connectivity index (χ3v) is 2.21. The lowest BCUT2D eigenvalue weighted by Crippen LogP contribution is -2.09. The van der Waals surface area contributed by atoms with Crippen molar-refractivity contribution in [3.05, 3.63) is 0 Å². The van der Waals surface area contributed by atoms with Crippen LogP contribution in [0.4, 0.5) is 5.95 Å². The third kappa shape index (κ3) is 2.68. The maximum atomic E-state index is 4.94. The summed E-state index contributed by atoms with van der Waals surface area (Å²) < 4.78 is 9.88. The fraction of sp³-hybridized carbons (Fsp3) is 0.667. The van der Waals surface area contributed by atoms with E-state index >= 15 is 0 Å². The minimum Gasteiger partial charge on any atom is -0.467 e. The molecule has 0 atom stereocenters. The molecular weight excluding hydrogens is 196 g/mol. The first-order valence-electron chi connectivity index (χ1n) is 4.89. The van der Waals surface area contributed by atoms with Gasteiger partial charge in [0.05, 0.1) is 14.2 Å². The van der Waals surface area contributed by atoms with Crippen LogP contribution in [0.15, 0.2) is 0 Å². The number of anilines is 1. The Hall–Kier alpha value is -1.59.